The molecular formula is C15H23NO3S. The summed E-state index contributed by atoms with van der Waals surface area (Å²) in [6, 6.07) is 9.52. The van der Waals surface area contributed by atoms with Crippen LogP contribution in [0.15, 0.2) is 30.3 Å². The Morgan fingerprint density at radius 1 is 1.20 bits per heavy atom. The fraction of sp³-hybridized carbons (Fsp3) is 0.533. The van der Waals surface area contributed by atoms with Gasteiger partial charge in [-0.05, 0) is 33.3 Å². The van der Waals surface area contributed by atoms with Gasteiger partial charge in [-0.3, -0.25) is 4.79 Å². The molecule has 5 heteroatoms. The average Bonchev–Trinajstić information content (AvgIpc) is 2.38. The predicted octanol–water partition coefficient (Wildman–Crippen LogP) is 2.52. The van der Waals surface area contributed by atoms with Crippen molar-refractivity contribution in [1.29, 1.82) is 0 Å². The maximum atomic E-state index is 12.4. The third-order valence-corrected chi connectivity index (χ3v) is 4.76. The van der Waals surface area contributed by atoms with E-state index in [4.69, 9.17) is 4.74 Å². The Balaban J connectivity index is 3.08. The van der Waals surface area contributed by atoms with Crippen molar-refractivity contribution in [3.05, 3.63) is 35.9 Å². The summed E-state index contributed by atoms with van der Waals surface area (Å²) < 4.78 is 19.8. The van der Waals surface area contributed by atoms with Crippen LogP contribution >= 0.6 is 0 Å². The van der Waals surface area contributed by atoms with E-state index in [-0.39, 0.29) is 12.4 Å². The molecule has 0 spiro atoms. The Hall–Kier alpha value is -1.20. The van der Waals surface area contributed by atoms with Gasteiger partial charge < -0.3 is 4.74 Å². The van der Waals surface area contributed by atoms with Crippen molar-refractivity contribution in [1.82, 2.24) is 4.72 Å². The smallest absolute Gasteiger partial charge is 0.307 e. The largest absolute Gasteiger partial charge is 0.469 e. The standard InChI is InChI=1S/C15H23NO3S/c1-14(2,3)20(18)16-15(4,11-13(17)19-5)12-9-7-6-8-10-12/h6-10,16H,11H2,1-5H3/t15-,20-/m1/s1. The van der Waals surface area contributed by atoms with Gasteiger partial charge in [-0.15, -0.1) is 0 Å². The number of hydrogen-bond donors (Lipinski definition) is 1. The normalized spacial score (nSPS) is 16.2. The fourth-order valence-corrected chi connectivity index (χ4v) is 2.63. The average molecular weight is 297 g/mol. The summed E-state index contributed by atoms with van der Waals surface area (Å²) in [5.41, 5.74) is 0.176. The molecule has 0 aliphatic rings. The van der Waals surface area contributed by atoms with Crippen molar-refractivity contribution in [3.63, 3.8) is 0 Å². The molecule has 1 aromatic rings. The number of methoxy groups -OCH3 is 1. The minimum Gasteiger partial charge on any atom is -0.469 e. The molecule has 0 aliphatic carbocycles. The van der Waals surface area contributed by atoms with Crippen molar-refractivity contribution in [3.8, 4) is 0 Å². The minimum atomic E-state index is -1.28. The van der Waals surface area contributed by atoms with E-state index in [1.807, 2.05) is 58.0 Å². The van der Waals surface area contributed by atoms with Crippen LogP contribution in [0.25, 0.3) is 0 Å². The van der Waals surface area contributed by atoms with Crippen molar-refractivity contribution in [2.75, 3.05) is 7.11 Å². The lowest BCUT2D eigenvalue weighted by Crippen LogP contribution is -2.47. The summed E-state index contributed by atoms with van der Waals surface area (Å²) in [6.45, 7) is 7.53. The van der Waals surface area contributed by atoms with Crippen LogP contribution in [-0.2, 0) is 26.1 Å². The van der Waals surface area contributed by atoms with Crippen molar-refractivity contribution < 1.29 is 13.7 Å². The highest BCUT2D eigenvalue weighted by Gasteiger charge is 2.34. The topological polar surface area (TPSA) is 55.4 Å². The quantitative estimate of drug-likeness (QED) is 0.850. The Morgan fingerprint density at radius 2 is 1.75 bits per heavy atom. The van der Waals surface area contributed by atoms with E-state index < -0.39 is 21.3 Å². The molecule has 0 saturated carbocycles. The Morgan fingerprint density at radius 3 is 2.20 bits per heavy atom. The Bertz CT molecular complexity index is 482. The number of ether oxygens (including phenoxy) is 1. The van der Waals surface area contributed by atoms with Gasteiger partial charge in [0.05, 0.1) is 34.8 Å². The van der Waals surface area contributed by atoms with Gasteiger partial charge in [0, 0.05) is 0 Å². The summed E-state index contributed by atoms with van der Waals surface area (Å²) in [7, 11) is 0.0722. The molecule has 0 radical (unpaired) electrons. The molecule has 2 atom stereocenters. The predicted molar refractivity (Wildman–Crippen MR) is 81.5 cm³/mol. The van der Waals surface area contributed by atoms with E-state index in [1.165, 1.54) is 7.11 Å². The van der Waals surface area contributed by atoms with Crippen molar-refractivity contribution >= 4 is 17.0 Å². The molecule has 0 fully saturated rings. The first-order valence-corrected chi connectivity index (χ1v) is 7.66. The molecule has 4 nitrogen and oxygen atoms in total. The maximum Gasteiger partial charge on any atom is 0.307 e. The summed E-state index contributed by atoms with van der Waals surface area (Å²) >= 11 is 0. The zero-order valence-electron chi connectivity index (χ0n) is 12.7. The van der Waals surface area contributed by atoms with E-state index in [9.17, 15) is 9.00 Å². The Labute approximate surface area is 123 Å². The molecule has 20 heavy (non-hydrogen) atoms. The molecule has 0 saturated heterocycles. The van der Waals surface area contributed by atoms with Crippen LogP contribution in [0.2, 0.25) is 0 Å². The number of nitrogens with one attached hydrogen (secondary N) is 1. The van der Waals surface area contributed by atoms with Gasteiger partial charge in [0.1, 0.15) is 0 Å². The summed E-state index contributed by atoms with van der Waals surface area (Å²) in [4.78, 5) is 11.7. The molecule has 0 unspecified atom stereocenters. The van der Waals surface area contributed by atoms with Crippen molar-refractivity contribution in [2.24, 2.45) is 0 Å². The fourth-order valence-electron chi connectivity index (χ4n) is 1.72. The molecule has 0 aromatic heterocycles. The maximum absolute atomic E-state index is 12.4. The molecule has 1 aromatic carbocycles. The van der Waals surface area contributed by atoms with E-state index >= 15 is 0 Å². The zero-order chi connectivity index (χ0) is 15.4. The zero-order valence-corrected chi connectivity index (χ0v) is 13.5. The van der Waals surface area contributed by atoms with E-state index in [0.717, 1.165) is 5.56 Å². The number of hydrogen-bond acceptors (Lipinski definition) is 3. The summed E-state index contributed by atoms with van der Waals surface area (Å²) in [5.74, 6) is -0.338. The molecule has 0 heterocycles. The third kappa shape index (κ3) is 4.42. The van der Waals surface area contributed by atoms with Crippen LogP contribution in [-0.4, -0.2) is 22.0 Å². The first-order valence-electron chi connectivity index (χ1n) is 6.51. The van der Waals surface area contributed by atoms with Gasteiger partial charge in [0.15, 0.2) is 0 Å². The van der Waals surface area contributed by atoms with Crippen LogP contribution in [0.5, 0.6) is 0 Å². The van der Waals surface area contributed by atoms with E-state index in [1.54, 1.807) is 0 Å². The monoisotopic (exact) mass is 297 g/mol. The molecular weight excluding hydrogens is 274 g/mol. The summed E-state index contributed by atoms with van der Waals surface area (Å²) in [6.07, 6.45) is 0.120. The first-order chi connectivity index (χ1) is 9.19. The number of carbonyl (C=O) groups is 1. The van der Waals surface area contributed by atoms with Gasteiger partial charge in [-0.2, -0.15) is 0 Å². The van der Waals surface area contributed by atoms with E-state index in [2.05, 4.69) is 4.72 Å². The van der Waals surface area contributed by atoms with Gasteiger partial charge in [-0.25, -0.2) is 8.93 Å². The highest BCUT2D eigenvalue weighted by Crippen LogP contribution is 2.27. The third-order valence-electron chi connectivity index (χ3n) is 3.01. The second-order valence-corrected chi connectivity index (χ2v) is 7.90. The number of benzene rings is 1. The molecule has 112 valence electrons. The highest BCUT2D eigenvalue weighted by molar-refractivity contribution is 7.84. The lowest BCUT2D eigenvalue weighted by molar-refractivity contribution is -0.142. The Kier molecular flexibility index (Phi) is 5.48. The van der Waals surface area contributed by atoms with Crippen LogP contribution in [0.1, 0.15) is 39.7 Å². The van der Waals surface area contributed by atoms with Crippen LogP contribution in [0, 0.1) is 0 Å². The molecule has 1 N–H and O–H groups in total. The van der Waals surface area contributed by atoms with Gasteiger partial charge in [0.2, 0.25) is 0 Å². The lowest BCUT2D eigenvalue weighted by Gasteiger charge is -2.33. The van der Waals surface area contributed by atoms with Crippen LogP contribution < -0.4 is 4.72 Å². The minimum absolute atomic E-state index is 0.120. The van der Waals surface area contributed by atoms with E-state index in [0.29, 0.717) is 0 Å². The molecule has 1 rings (SSSR count). The number of esters is 1. The first kappa shape index (κ1) is 16.9. The highest BCUT2D eigenvalue weighted by atomic mass is 32.2. The van der Waals surface area contributed by atoms with Crippen molar-refractivity contribution in [2.45, 2.75) is 44.4 Å². The SMILES string of the molecule is COC(=O)C[C@@](C)(N[S@](=O)C(C)(C)C)c1ccccc1. The van der Waals surface area contributed by atoms with Gasteiger partial charge in [-0.1, -0.05) is 30.3 Å². The second-order valence-electron chi connectivity index (χ2n) is 5.93. The van der Waals surface area contributed by atoms with Crippen LogP contribution in [0.3, 0.4) is 0 Å². The van der Waals surface area contributed by atoms with Gasteiger partial charge in [0.25, 0.3) is 0 Å². The van der Waals surface area contributed by atoms with Gasteiger partial charge >= 0.3 is 5.97 Å². The molecule has 0 amide bonds. The molecule has 0 bridgehead atoms. The lowest BCUT2D eigenvalue weighted by atomic mass is 9.90. The van der Waals surface area contributed by atoms with Crippen LogP contribution in [0.4, 0.5) is 0 Å². The number of rotatable bonds is 5. The number of carbonyl (C=O) groups excluding carboxylic acids is 1. The molecule has 0 aliphatic heterocycles. The summed E-state index contributed by atoms with van der Waals surface area (Å²) in [5, 5.41) is 0. The second kappa shape index (κ2) is 6.50.